The minimum absolute atomic E-state index is 0.290. The third kappa shape index (κ3) is 3.54. The lowest BCUT2D eigenvalue weighted by molar-refractivity contribution is 0.102. The van der Waals surface area contributed by atoms with Gasteiger partial charge in [-0.15, -0.1) is 0 Å². The molecule has 0 unspecified atom stereocenters. The summed E-state index contributed by atoms with van der Waals surface area (Å²) in [6, 6.07) is 16.3. The van der Waals surface area contributed by atoms with Crippen molar-refractivity contribution in [3.8, 4) is 22.7 Å². The van der Waals surface area contributed by atoms with E-state index in [0.717, 1.165) is 22.6 Å². The number of hydrogen-bond acceptors (Lipinski definition) is 4. The minimum atomic E-state index is -0.290. The normalized spacial score (nSPS) is 10.8. The van der Waals surface area contributed by atoms with Gasteiger partial charge in [-0.1, -0.05) is 29.8 Å². The van der Waals surface area contributed by atoms with Gasteiger partial charge in [-0.25, -0.2) is 4.98 Å². The van der Waals surface area contributed by atoms with Crippen LogP contribution in [0.25, 0.3) is 22.7 Å². The second-order valence-electron chi connectivity index (χ2n) is 6.34. The first kappa shape index (κ1) is 18.0. The van der Waals surface area contributed by atoms with Crippen molar-refractivity contribution in [2.45, 2.75) is 13.8 Å². The van der Waals surface area contributed by atoms with E-state index in [-0.39, 0.29) is 5.91 Å². The first-order chi connectivity index (χ1) is 13.5. The average Bonchev–Trinajstić information content (AvgIpc) is 3.30. The number of benzene rings is 2. The summed E-state index contributed by atoms with van der Waals surface area (Å²) in [6.07, 6.45) is 0. The van der Waals surface area contributed by atoms with E-state index in [1.165, 1.54) is 0 Å². The molecule has 0 fully saturated rings. The summed E-state index contributed by atoms with van der Waals surface area (Å²) in [5, 5.41) is 10.4. The number of H-pyrrole nitrogens is 1. The number of carbonyl (C=O) groups excluding carboxylic acids is 1. The molecule has 2 heterocycles. The van der Waals surface area contributed by atoms with Gasteiger partial charge >= 0.3 is 0 Å². The molecule has 0 atom stereocenters. The number of carbonyl (C=O) groups is 1. The van der Waals surface area contributed by atoms with Gasteiger partial charge in [0.1, 0.15) is 11.5 Å². The Labute approximate surface area is 166 Å². The number of nitrogens with zero attached hydrogens (tertiary/aromatic N) is 2. The second kappa shape index (κ2) is 7.32. The molecular weight excluding hydrogens is 376 g/mol. The van der Waals surface area contributed by atoms with Crippen molar-refractivity contribution < 1.29 is 9.21 Å². The van der Waals surface area contributed by atoms with Crippen molar-refractivity contribution in [3.05, 3.63) is 76.8 Å². The van der Waals surface area contributed by atoms with E-state index >= 15 is 0 Å². The summed E-state index contributed by atoms with van der Waals surface area (Å²) in [5.41, 5.74) is 4.08. The molecule has 7 heteroatoms. The van der Waals surface area contributed by atoms with Crippen molar-refractivity contribution in [1.29, 1.82) is 0 Å². The Kier molecular flexibility index (Phi) is 4.71. The van der Waals surface area contributed by atoms with Crippen LogP contribution in [0.15, 0.2) is 59.0 Å². The molecule has 0 saturated heterocycles. The smallest absolute Gasteiger partial charge is 0.273 e. The molecule has 2 aromatic heterocycles. The lowest BCUT2D eigenvalue weighted by Crippen LogP contribution is -2.12. The number of rotatable bonds is 4. The van der Waals surface area contributed by atoms with Crippen LogP contribution in [-0.2, 0) is 0 Å². The molecule has 2 N–H and O–H groups in total. The summed E-state index contributed by atoms with van der Waals surface area (Å²) < 4.78 is 5.62. The molecule has 0 aliphatic heterocycles. The van der Waals surface area contributed by atoms with Crippen molar-refractivity contribution in [2.24, 2.45) is 0 Å². The van der Waals surface area contributed by atoms with Crippen LogP contribution >= 0.6 is 11.6 Å². The zero-order chi connectivity index (χ0) is 19.7. The van der Waals surface area contributed by atoms with Crippen LogP contribution in [0.3, 0.4) is 0 Å². The Morgan fingerprint density at radius 1 is 1.11 bits per heavy atom. The van der Waals surface area contributed by atoms with Gasteiger partial charge in [0.2, 0.25) is 5.89 Å². The van der Waals surface area contributed by atoms with Crippen molar-refractivity contribution in [3.63, 3.8) is 0 Å². The van der Waals surface area contributed by atoms with Crippen molar-refractivity contribution in [2.75, 3.05) is 5.32 Å². The highest BCUT2D eigenvalue weighted by atomic mass is 35.5. The lowest BCUT2D eigenvalue weighted by atomic mass is 10.1. The number of nitrogens with one attached hydrogen (secondary N) is 2. The Hall–Kier alpha value is -3.38. The molecule has 140 valence electrons. The van der Waals surface area contributed by atoms with E-state index in [1.54, 1.807) is 24.3 Å². The van der Waals surface area contributed by atoms with Crippen LogP contribution in [0.4, 0.5) is 5.69 Å². The van der Waals surface area contributed by atoms with E-state index in [2.05, 4.69) is 20.5 Å². The molecule has 0 spiro atoms. The molecule has 1 amide bonds. The zero-order valence-electron chi connectivity index (χ0n) is 15.3. The van der Waals surface area contributed by atoms with Gasteiger partial charge in [-0.3, -0.25) is 9.89 Å². The third-order valence-electron chi connectivity index (χ3n) is 4.39. The molecule has 0 bridgehead atoms. The molecule has 0 aliphatic carbocycles. The second-order valence-corrected chi connectivity index (χ2v) is 6.75. The van der Waals surface area contributed by atoms with Crippen molar-refractivity contribution >= 4 is 23.2 Å². The van der Waals surface area contributed by atoms with Crippen LogP contribution in [0, 0.1) is 13.8 Å². The summed E-state index contributed by atoms with van der Waals surface area (Å²) in [7, 11) is 0. The molecule has 4 aromatic rings. The van der Waals surface area contributed by atoms with Crippen LogP contribution in [0.1, 0.15) is 21.9 Å². The molecule has 6 nitrogen and oxygen atoms in total. The molecule has 0 aliphatic rings. The van der Waals surface area contributed by atoms with E-state index in [4.69, 9.17) is 16.0 Å². The van der Waals surface area contributed by atoms with Crippen LogP contribution in [-0.4, -0.2) is 21.1 Å². The van der Waals surface area contributed by atoms with Crippen LogP contribution in [0.5, 0.6) is 0 Å². The minimum Gasteiger partial charge on any atom is -0.441 e. The van der Waals surface area contributed by atoms with Gasteiger partial charge in [-0.2, -0.15) is 5.10 Å². The van der Waals surface area contributed by atoms with E-state index in [9.17, 15) is 4.79 Å². The third-order valence-corrected chi connectivity index (χ3v) is 4.72. The Morgan fingerprint density at radius 3 is 2.54 bits per heavy atom. The fraction of sp³-hybridized carbons (Fsp3) is 0.0952. The lowest BCUT2D eigenvalue weighted by Gasteiger charge is -2.04. The van der Waals surface area contributed by atoms with Gasteiger partial charge in [0.25, 0.3) is 5.91 Å². The maximum atomic E-state index is 12.5. The van der Waals surface area contributed by atoms with Gasteiger partial charge in [0, 0.05) is 16.8 Å². The number of amides is 1. The summed E-state index contributed by atoms with van der Waals surface area (Å²) in [5.74, 6) is 1.06. The van der Waals surface area contributed by atoms with E-state index in [1.807, 2.05) is 44.2 Å². The first-order valence-electron chi connectivity index (χ1n) is 8.67. The summed E-state index contributed by atoms with van der Waals surface area (Å²) in [4.78, 5) is 16.9. The van der Waals surface area contributed by atoms with Gasteiger partial charge < -0.3 is 9.73 Å². The molecule has 0 radical (unpaired) electrons. The topological polar surface area (TPSA) is 83.8 Å². The number of oxazole rings is 1. The predicted molar refractivity (Wildman–Crippen MR) is 108 cm³/mol. The number of aryl methyl sites for hydroxylation is 2. The summed E-state index contributed by atoms with van der Waals surface area (Å²) in [6.45, 7) is 3.78. The first-order valence-corrected chi connectivity index (χ1v) is 9.05. The van der Waals surface area contributed by atoms with E-state index < -0.39 is 0 Å². The largest absolute Gasteiger partial charge is 0.441 e. The quantitative estimate of drug-likeness (QED) is 0.496. The average molecular weight is 393 g/mol. The zero-order valence-corrected chi connectivity index (χ0v) is 16.0. The van der Waals surface area contributed by atoms with Crippen molar-refractivity contribution in [1.82, 2.24) is 15.2 Å². The van der Waals surface area contributed by atoms with Crippen LogP contribution in [0.2, 0.25) is 5.02 Å². The predicted octanol–water partition coefficient (Wildman–Crippen LogP) is 5.25. The number of anilines is 1. The molecule has 4 rings (SSSR count). The summed E-state index contributed by atoms with van der Waals surface area (Å²) >= 11 is 6.19. The van der Waals surface area contributed by atoms with Crippen LogP contribution < -0.4 is 5.32 Å². The maximum Gasteiger partial charge on any atom is 0.273 e. The highest BCUT2D eigenvalue weighted by Crippen LogP contribution is 2.27. The number of aromatic nitrogens is 3. The Bertz CT molecular complexity index is 1130. The monoisotopic (exact) mass is 392 g/mol. The van der Waals surface area contributed by atoms with E-state index in [0.29, 0.717) is 28.0 Å². The standard InChI is InChI=1S/C21H17ClN4O2/c1-12-13(2)28-21(23-12)14-7-9-15(10-8-14)24-20(27)19-11-18(25-26-19)16-5-3-4-6-17(16)22/h3-11H,1-2H3,(H,24,27)(H,25,26). The SMILES string of the molecule is Cc1nc(-c2ccc(NC(=O)c3cc(-c4ccccc4Cl)n[nH]3)cc2)oc1C. The molecule has 28 heavy (non-hydrogen) atoms. The highest BCUT2D eigenvalue weighted by molar-refractivity contribution is 6.33. The molecular formula is C21H17ClN4O2. The van der Waals surface area contributed by atoms with Gasteiger partial charge in [-0.05, 0) is 50.2 Å². The fourth-order valence-electron chi connectivity index (χ4n) is 2.74. The molecule has 2 aromatic carbocycles. The maximum absolute atomic E-state index is 12.5. The number of aromatic amines is 1. The fourth-order valence-corrected chi connectivity index (χ4v) is 2.97. The number of hydrogen-bond donors (Lipinski definition) is 2. The highest BCUT2D eigenvalue weighted by Gasteiger charge is 2.13. The number of halogens is 1. The molecule has 0 saturated carbocycles. The Morgan fingerprint density at radius 2 is 1.86 bits per heavy atom. The van der Waals surface area contributed by atoms with Gasteiger partial charge in [0.15, 0.2) is 0 Å². The Balaban J connectivity index is 1.49. The van der Waals surface area contributed by atoms with Gasteiger partial charge in [0.05, 0.1) is 16.4 Å².